The van der Waals surface area contributed by atoms with Gasteiger partial charge in [0.05, 0.1) is 0 Å². The molecule has 88 valence electrons. The van der Waals surface area contributed by atoms with E-state index in [0.717, 1.165) is 5.56 Å². The number of hydrogen-bond donors (Lipinski definition) is 0. The number of ketones is 1. The Morgan fingerprint density at radius 3 is 2.63 bits per heavy atom. The van der Waals surface area contributed by atoms with Crippen LogP contribution in [0.3, 0.4) is 0 Å². The zero-order valence-electron chi connectivity index (χ0n) is 9.92. The van der Waals surface area contributed by atoms with E-state index in [1.807, 2.05) is 42.5 Å². The highest BCUT2D eigenvalue weighted by Crippen LogP contribution is 2.41. The van der Waals surface area contributed by atoms with Gasteiger partial charge in [0.25, 0.3) is 0 Å². The third-order valence-electron chi connectivity index (χ3n) is 3.43. The molecular weight excluding hydrogens is 236 g/mol. The Morgan fingerprint density at radius 2 is 1.89 bits per heavy atom. The summed E-state index contributed by atoms with van der Waals surface area (Å²) in [5, 5.41) is 17.8. The summed E-state index contributed by atoms with van der Waals surface area (Å²) in [5.74, 6) is -0.0660. The first-order valence-corrected chi connectivity index (χ1v) is 5.84. The fourth-order valence-electron chi connectivity index (χ4n) is 2.53. The van der Waals surface area contributed by atoms with E-state index < -0.39 is 0 Å². The van der Waals surface area contributed by atoms with Crippen molar-refractivity contribution >= 4 is 5.78 Å². The van der Waals surface area contributed by atoms with Crippen LogP contribution in [0.15, 0.2) is 59.2 Å². The molecule has 3 nitrogen and oxygen atoms in total. The highest BCUT2D eigenvalue weighted by molar-refractivity contribution is 6.15. The molecule has 1 unspecified atom stereocenters. The van der Waals surface area contributed by atoms with Gasteiger partial charge >= 0.3 is 0 Å². The van der Waals surface area contributed by atoms with Crippen LogP contribution in [0.4, 0.5) is 0 Å². The fraction of sp³-hybridized carbons (Fsp3) is 0.0625. The molecule has 3 rings (SSSR count). The van der Waals surface area contributed by atoms with Crippen LogP contribution in [0.5, 0.6) is 0 Å². The van der Waals surface area contributed by atoms with E-state index in [4.69, 9.17) is 10.5 Å². The zero-order chi connectivity index (χ0) is 13.4. The van der Waals surface area contributed by atoms with Gasteiger partial charge < -0.3 is 0 Å². The standard InChI is InChI=1S/C16H8N2O/c17-8-11(9-18)10-5-6-13-12-3-1-2-4-14(12)16(19)15(13)7-10/h1-7,13H. The minimum Gasteiger partial charge on any atom is -0.289 e. The molecule has 0 N–H and O–H groups in total. The highest BCUT2D eigenvalue weighted by Gasteiger charge is 2.34. The lowest BCUT2D eigenvalue weighted by atomic mass is 9.89. The van der Waals surface area contributed by atoms with E-state index in [-0.39, 0.29) is 17.3 Å². The van der Waals surface area contributed by atoms with Crippen molar-refractivity contribution in [2.45, 2.75) is 5.92 Å². The molecule has 1 aromatic carbocycles. The summed E-state index contributed by atoms with van der Waals surface area (Å²) in [7, 11) is 0. The third kappa shape index (κ3) is 1.53. The Bertz CT molecular complexity index is 751. The summed E-state index contributed by atoms with van der Waals surface area (Å²) in [6.45, 7) is 0. The predicted octanol–water partition coefficient (Wildman–Crippen LogP) is 2.81. The predicted molar refractivity (Wildman–Crippen MR) is 69.0 cm³/mol. The molecule has 0 aromatic heterocycles. The summed E-state index contributed by atoms with van der Waals surface area (Å²) in [5.41, 5.74) is 2.88. The summed E-state index contributed by atoms with van der Waals surface area (Å²) >= 11 is 0. The Kier molecular flexibility index (Phi) is 2.41. The topological polar surface area (TPSA) is 64.7 Å². The van der Waals surface area contributed by atoms with Crippen LogP contribution in [0, 0.1) is 22.7 Å². The molecule has 3 heteroatoms. The number of nitrogens with zero attached hydrogens (tertiary/aromatic N) is 2. The Balaban J connectivity index is 2.18. The molecule has 0 saturated heterocycles. The van der Waals surface area contributed by atoms with Crippen LogP contribution in [-0.2, 0) is 0 Å². The second-order valence-corrected chi connectivity index (χ2v) is 4.41. The Labute approximate surface area is 110 Å². The van der Waals surface area contributed by atoms with E-state index >= 15 is 0 Å². The van der Waals surface area contributed by atoms with Gasteiger partial charge in [-0.3, -0.25) is 4.79 Å². The van der Waals surface area contributed by atoms with Crippen molar-refractivity contribution in [3.05, 3.63) is 70.3 Å². The van der Waals surface area contributed by atoms with Gasteiger partial charge in [-0.05, 0) is 11.6 Å². The van der Waals surface area contributed by atoms with Crippen molar-refractivity contribution in [2.75, 3.05) is 0 Å². The summed E-state index contributed by atoms with van der Waals surface area (Å²) < 4.78 is 0. The SMILES string of the molecule is N#CC(C#N)=C1C=CC2C(=C1)C(=O)c1ccccc12. The molecule has 0 bridgehead atoms. The molecule has 0 fully saturated rings. The number of carbonyl (C=O) groups is 1. The minimum absolute atomic E-state index is 0.0160. The summed E-state index contributed by atoms with van der Waals surface area (Å²) in [6.07, 6.45) is 5.28. The van der Waals surface area contributed by atoms with E-state index in [2.05, 4.69) is 0 Å². The van der Waals surface area contributed by atoms with Crippen molar-refractivity contribution in [3.8, 4) is 12.1 Å². The summed E-state index contributed by atoms with van der Waals surface area (Å²) in [4.78, 5) is 12.3. The highest BCUT2D eigenvalue weighted by atomic mass is 16.1. The number of carbonyl (C=O) groups excluding carboxylic acids is 1. The first-order chi connectivity index (χ1) is 9.26. The third-order valence-corrected chi connectivity index (χ3v) is 3.43. The number of fused-ring (bicyclic) bond motifs is 3. The van der Waals surface area contributed by atoms with E-state index in [0.29, 0.717) is 16.7 Å². The molecule has 19 heavy (non-hydrogen) atoms. The molecule has 2 aliphatic rings. The van der Waals surface area contributed by atoms with Gasteiger partial charge in [-0.1, -0.05) is 36.4 Å². The van der Waals surface area contributed by atoms with Crippen LogP contribution in [0.2, 0.25) is 0 Å². The quantitative estimate of drug-likeness (QED) is 0.659. The number of allylic oxidation sites excluding steroid dienone is 6. The monoisotopic (exact) mass is 244 g/mol. The first kappa shape index (κ1) is 11.2. The van der Waals surface area contributed by atoms with Gasteiger partial charge in [0.15, 0.2) is 5.78 Å². The van der Waals surface area contributed by atoms with Crippen LogP contribution in [0.1, 0.15) is 21.8 Å². The smallest absolute Gasteiger partial charge is 0.190 e. The zero-order valence-corrected chi connectivity index (χ0v) is 9.92. The number of Topliss-reactive ketones (excluding diaryl/α,β-unsaturated/α-hetero) is 1. The van der Waals surface area contributed by atoms with Gasteiger partial charge in [-0.25, -0.2) is 0 Å². The van der Waals surface area contributed by atoms with Crippen LogP contribution < -0.4 is 0 Å². The van der Waals surface area contributed by atoms with Crippen LogP contribution >= 0.6 is 0 Å². The molecule has 0 heterocycles. The second kappa shape index (κ2) is 4.08. The van der Waals surface area contributed by atoms with E-state index in [1.165, 1.54) is 0 Å². The molecule has 0 amide bonds. The molecule has 2 aliphatic carbocycles. The Morgan fingerprint density at radius 1 is 1.16 bits per heavy atom. The van der Waals surface area contributed by atoms with Gasteiger partial charge in [-0.15, -0.1) is 0 Å². The lowest BCUT2D eigenvalue weighted by Crippen LogP contribution is -2.03. The molecule has 0 radical (unpaired) electrons. The largest absolute Gasteiger partial charge is 0.289 e. The molecule has 1 atom stereocenters. The number of nitriles is 2. The van der Waals surface area contributed by atoms with E-state index in [9.17, 15) is 4.79 Å². The van der Waals surface area contributed by atoms with Crippen molar-refractivity contribution in [1.29, 1.82) is 10.5 Å². The lowest BCUT2D eigenvalue weighted by Gasteiger charge is -2.12. The number of hydrogen-bond acceptors (Lipinski definition) is 3. The maximum absolute atomic E-state index is 12.3. The average molecular weight is 244 g/mol. The van der Waals surface area contributed by atoms with Crippen molar-refractivity contribution in [3.63, 3.8) is 0 Å². The number of rotatable bonds is 0. The van der Waals surface area contributed by atoms with Gasteiger partial charge in [0.1, 0.15) is 17.7 Å². The first-order valence-electron chi connectivity index (χ1n) is 5.84. The number of benzene rings is 1. The van der Waals surface area contributed by atoms with Crippen molar-refractivity contribution < 1.29 is 4.79 Å². The minimum atomic E-state index is -0.0499. The second-order valence-electron chi connectivity index (χ2n) is 4.41. The van der Waals surface area contributed by atoms with Gasteiger partial charge in [-0.2, -0.15) is 10.5 Å². The average Bonchev–Trinajstić information content (AvgIpc) is 2.74. The normalized spacial score (nSPS) is 19.1. The molecule has 1 aromatic rings. The maximum Gasteiger partial charge on any atom is 0.190 e. The van der Waals surface area contributed by atoms with E-state index in [1.54, 1.807) is 12.2 Å². The van der Waals surface area contributed by atoms with Crippen LogP contribution in [-0.4, -0.2) is 5.78 Å². The van der Waals surface area contributed by atoms with Crippen LogP contribution in [0.25, 0.3) is 0 Å². The molecular formula is C16H8N2O. The summed E-state index contributed by atoms with van der Waals surface area (Å²) in [6, 6.07) is 11.2. The fourth-order valence-corrected chi connectivity index (χ4v) is 2.53. The van der Waals surface area contributed by atoms with Gasteiger partial charge in [0.2, 0.25) is 0 Å². The van der Waals surface area contributed by atoms with Gasteiger partial charge in [0, 0.05) is 22.6 Å². The maximum atomic E-state index is 12.3. The lowest BCUT2D eigenvalue weighted by molar-refractivity contribution is 0.103. The van der Waals surface area contributed by atoms with Crippen molar-refractivity contribution in [1.82, 2.24) is 0 Å². The molecule has 0 saturated carbocycles. The Hall–Kier alpha value is -2.91. The van der Waals surface area contributed by atoms with Crippen molar-refractivity contribution in [2.24, 2.45) is 0 Å². The molecule has 0 aliphatic heterocycles. The molecule has 0 spiro atoms.